The zero-order valence-corrected chi connectivity index (χ0v) is 18.5. The minimum Gasteiger partial charge on any atom is -0.338 e. The minimum absolute atomic E-state index is 0.00221. The first-order chi connectivity index (χ1) is 12.8. The Morgan fingerprint density at radius 2 is 1.50 bits per heavy atom. The van der Waals surface area contributed by atoms with E-state index >= 15 is 0 Å². The number of hydrogen-bond donors (Lipinski definition) is 0. The van der Waals surface area contributed by atoms with Gasteiger partial charge < -0.3 is 4.74 Å². The third kappa shape index (κ3) is 3.73. The van der Waals surface area contributed by atoms with E-state index < -0.39 is 11.8 Å². The van der Waals surface area contributed by atoms with Crippen LogP contribution in [0.1, 0.15) is 78.2 Å². The molecule has 0 aliphatic carbocycles. The molecule has 0 bridgehead atoms. The molecule has 1 aliphatic rings. The number of anilines is 1. The molecular formula is C25H33NO2. The SMILES string of the molecule is CC(C)(C)c1ccc(C(C)(C)C)c(N2C(=O)[C@@H](c3ccccc3)OC2(C)C)c1. The van der Waals surface area contributed by atoms with Crippen molar-refractivity contribution in [2.24, 2.45) is 0 Å². The molecule has 0 unspecified atom stereocenters. The lowest BCUT2D eigenvalue weighted by molar-refractivity contribution is -0.123. The molecule has 0 N–H and O–H groups in total. The van der Waals surface area contributed by atoms with E-state index in [1.807, 2.05) is 49.1 Å². The lowest BCUT2D eigenvalue weighted by atomic mass is 9.80. The summed E-state index contributed by atoms with van der Waals surface area (Å²) in [6.07, 6.45) is -0.581. The van der Waals surface area contributed by atoms with Crippen molar-refractivity contribution in [1.82, 2.24) is 0 Å². The molecule has 0 saturated carbocycles. The summed E-state index contributed by atoms with van der Waals surface area (Å²) in [5, 5.41) is 0. The molecular weight excluding hydrogens is 346 g/mol. The quantitative estimate of drug-likeness (QED) is 0.629. The van der Waals surface area contributed by atoms with E-state index in [1.54, 1.807) is 0 Å². The van der Waals surface area contributed by atoms with E-state index in [4.69, 9.17) is 4.74 Å². The standard InChI is InChI=1S/C25H33NO2/c1-23(2,3)18-14-15-19(24(4,5)6)20(16-18)26-22(27)21(28-25(26,7)8)17-12-10-9-11-13-17/h9-16,21H,1-8H3/t21-/m1/s1. The smallest absolute Gasteiger partial charge is 0.263 e. The van der Waals surface area contributed by atoms with Gasteiger partial charge in [0.2, 0.25) is 0 Å². The summed E-state index contributed by atoms with van der Waals surface area (Å²) in [6, 6.07) is 16.3. The maximum absolute atomic E-state index is 13.6. The second-order valence-electron chi connectivity index (χ2n) is 10.3. The van der Waals surface area contributed by atoms with Crippen molar-refractivity contribution < 1.29 is 9.53 Å². The van der Waals surface area contributed by atoms with Crippen molar-refractivity contribution in [3.8, 4) is 0 Å². The highest BCUT2D eigenvalue weighted by Gasteiger charge is 2.48. The van der Waals surface area contributed by atoms with Crippen molar-refractivity contribution >= 4 is 11.6 Å². The van der Waals surface area contributed by atoms with Gasteiger partial charge >= 0.3 is 0 Å². The molecule has 0 radical (unpaired) electrons. The second-order valence-corrected chi connectivity index (χ2v) is 10.3. The predicted octanol–water partition coefficient (Wildman–Crippen LogP) is 6.12. The van der Waals surface area contributed by atoms with Crippen molar-refractivity contribution in [3.05, 3.63) is 65.2 Å². The first-order valence-electron chi connectivity index (χ1n) is 10.0. The lowest BCUT2D eigenvalue weighted by Crippen LogP contribution is -2.43. The van der Waals surface area contributed by atoms with Crippen molar-refractivity contribution in [2.45, 2.75) is 78.0 Å². The van der Waals surface area contributed by atoms with Gasteiger partial charge in [-0.15, -0.1) is 0 Å². The van der Waals surface area contributed by atoms with Gasteiger partial charge in [-0.2, -0.15) is 0 Å². The number of ether oxygens (including phenoxy) is 1. The van der Waals surface area contributed by atoms with Crippen LogP contribution in [0.5, 0.6) is 0 Å². The van der Waals surface area contributed by atoms with E-state index in [2.05, 4.69) is 59.7 Å². The van der Waals surface area contributed by atoms with Gasteiger partial charge in [0.1, 0.15) is 5.72 Å². The Balaban J connectivity index is 2.16. The second kappa shape index (κ2) is 6.73. The summed E-state index contributed by atoms with van der Waals surface area (Å²) in [5.41, 5.74) is 3.39. The third-order valence-electron chi connectivity index (χ3n) is 5.40. The maximum atomic E-state index is 13.6. The maximum Gasteiger partial charge on any atom is 0.263 e. The third-order valence-corrected chi connectivity index (χ3v) is 5.40. The first-order valence-corrected chi connectivity index (χ1v) is 10.0. The Labute approximate surface area is 169 Å². The molecule has 1 amide bonds. The van der Waals surface area contributed by atoms with Crippen LogP contribution in [-0.4, -0.2) is 11.6 Å². The van der Waals surface area contributed by atoms with Crippen molar-refractivity contribution in [1.29, 1.82) is 0 Å². The molecule has 1 aliphatic heterocycles. The Kier molecular flexibility index (Phi) is 4.95. The van der Waals surface area contributed by atoms with Crippen LogP contribution in [0.15, 0.2) is 48.5 Å². The fraction of sp³-hybridized carbons (Fsp3) is 0.480. The van der Waals surface area contributed by atoms with Crippen LogP contribution in [0.3, 0.4) is 0 Å². The number of benzene rings is 2. The van der Waals surface area contributed by atoms with Gasteiger partial charge in [-0.05, 0) is 47.4 Å². The molecule has 1 fully saturated rings. The fourth-order valence-corrected chi connectivity index (χ4v) is 3.84. The topological polar surface area (TPSA) is 29.5 Å². The highest BCUT2D eigenvalue weighted by atomic mass is 16.5. The zero-order chi connectivity index (χ0) is 20.9. The molecule has 0 aromatic heterocycles. The number of hydrogen-bond acceptors (Lipinski definition) is 2. The van der Waals surface area contributed by atoms with Crippen LogP contribution in [0, 0.1) is 0 Å². The van der Waals surface area contributed by atoms with Gasteiger partial charge in [0, 0.05) is 0 Å². The average Bonchev–Trinajstić information content (AvgIpc) is 2.82. The molecule has 28 heavy (non-hydrogen) atoms. The van der Waals surface area contributed by atoms with Crippen LogP contribution in [0.2, 0.25) is 0 Å². The summed E-state index contributed by atoms with van der Waals surface area (Å²) in [7, 11) is 0. The summed E-state index contributed by atoms with van der Waals surface area (Å²) in [4.78, 5) is 15.4. The van der Waals surface area contributed by atoms with Crippen LogP contribution < -0.4 is 4.90 Å². The van der Waals surface area contributed by atoms with E-state index in [9.17, 15) is 4.79 Å². The Bertz CT molecular complexity index is 870. The predicted molar refractivity (Wildman–Crippen MR) is 116 cm³/mol. The van der Waals surface area contributed by atoms with Crippen LogP contribution in [0.4, 0.5) is 5.69 Å². The normalized spacial score (nSPS) is 19.9. The van der Waals surface area contributed by atoms with Crippen LogP contribution >= 0.6 is 0 Å². The molecule has 2 aromatic carbocycles. The Morgan fingerprint density at radius 3 is 2.04 bits per heavy atom. The summed E-state index contributed by atoms with van der Waals surface area (Å²) in [6.45, 7) is 17.1. The van der Waals surface area contributed by atoms with E-state index in [-0.39, 0.29) is 16.7 Å². The van der Waals surface area contributed by atoms with Crippen LogP contribution in [-0.2, 0) is 20.4 Å². The first kappa shape index (κ1) is 20.6. The minimum atomic E-state index is -0.728. The Hall–Kier alpha value is -2.13. The molecule has 0 spiro atoms. The molecule has 1 atom stereocenters. The zero-order valence-electron chi connectivity index (χ0n) is 18.5. The number of rotatable bonds is 2. The summed E-state index contributed by atoms with van der Waals surface area (Å²) >= 11 is 0. The highest BCUT2D eigenvalue weighted by molar-refractivity contribution is 6.01. The fourth-order valence-electron chi connectivity index (χ4n) is 3.84. The van der Waals surface area contributed by atoms with E-state index in [0.717, 1.165) is 16.8 Å². The van der Waals surface area contributed by atoms with Crippen molar-refractivity contribution in [3.63, 3.8) is 0 Å². The molecule has 1 saturated heterocycles. The molecule has 1 heterocycles. The number of carbonyl (C=O) groups is 1. The van der Waals surface area contributed by atoms with E-state index in [0.29, 0.717) is 0 Å². The Morgan fingerprint density at radius 1 is 0.893 bits per heavy atom. The number of nitrogens with zero attached hydrogens (tertiary/aromatic N) is 1. The van der Waals surface area contributed by atoms with E-state index in [1.165, 1.54) is 5.56 Å². The molecule has 2 aromatic rings. The largest absolute Gasteiger partial charge is 0.338 e. The molecule has 150 valence electrons. The molecule has 3 nitrogen and oxygen atoms in total. The van der Waals surface area contributed by atoms with Gasteiger partial charge in [0.15, 0.2) is 6.10 Å². The van der Waals surface area contributed by atoms with Crippen LogP contribution in [0.25, 0.3) is 0 Å². The van der Waals surface area contributed by atoms with Gasteiger partial charge in [-0.25, -0.2) is 0 Å². The van der Waals surface area contributed by atoms with Gasteiger partial charge in [-0.1, -0.05) is 84.0 Å². The number of amides is 1. The number of carbonyl (C=O) groups excluding carboxylic acids is 1. The summed E-state index contributed by atoms with van der Waals surface area (Å²) in [5.74, 6) is -0.00670. The van der Waals surface area contributed by atoms with Gasteiger partial charge in [0.05, 0.1) is 5.69 Å². The van der Waals surface area contributed by atoms with Crippen molar-refractivity contribution in [2.75, 3.05) is 4.90 Å². The lowest BCUT2D eigenvalue weighted by Gasteiger charge is -2.35. The summed E-state index contributed by atoms with van der Waals surface area (Å²) < 4.78 is 6.28. The molecule has 3 heteroatoms. The monoisotopic (exact) mass is 379 g/mol. The average molecular weight is 380 g/mol. The highest BCUT2D eigenvalue weighted by Crippen LogP contribution is 2.44. The van der Waals surface area contributed by atoms with Gasteiger partial charge in [-0.3, -0.25) is 9.69 Å². The molecule has 3 rings (SSSR count). The van der Waals surface area contributed by atoms with Gasteiger partial charge in [0.25, 0.3) is 5.91 Å².